The fourth-order valence-corrected chi connectivity index (χ4v) is 4.83. The summed E-state index contributed by atoms with van der Waals surface area (Å²) in [6.07, 6.45) is 1.38. The molecule has 0 unspecified atom stereocenters. The minimum Gasteiger partial charge on any atom is -0.466 e. The smallest absolute Gasteiger partial charge is 0.325 e. The van der Waals surface area contributed by atoms with Crippen LogP contribution in [0.2, 0.25) is 0 Å². The van der Waals surface area contributed by atoms with Crippen LogP contribution in [0.1, 0.15) is 12.7 Å². The number of carbonyl (C=O) groups excluding carboxylic acids is 3. The van der Waals surface area contributed by atoms with Crippen molar-refractivity contribution >= 4 is 39.2 Å². The summed E-state index contributed by atoms with van der Waals surface area (Å²) in [6.45, 7) is 0.934. The minimum absolute atomic E-state index is 0.0305. The summed E-state index contributed by atoms with van der Waals surface area (Å²) < 4.78 is 32.4. The van der Waals surface area contributed by atoms with Crippen LogP contribution in [0.25, 0.3) is 0 Å². The summed E-state index contributed by atoms with van der Waals surface area (Å²) in [7, 11) is -2.45. The van der Waals surface area contributed by atoms with Gasteiger partial charge >= 0.3 is 6.03 Å². The zero-order valence-corrected chi connectivity index (χ0v) is 19.2. The lowest BCUT2D eigenvalue weighted by Crippen LogP contribution is -2.41. The number of hydrogen-bond donors (Lipinski definition) is 2. The van der Waals surface area contributed by atoms with Crippen molar-refractivity contribution in [3.05, 3.63) is 78.8 Å². The van der Waals surface area contributed by atoms with E-state index in [2.05, 4.69) is 10.6 Å². The second kappa shape index (κ2) is 8.67. The molecule has 1 atom stereocenters. The van der Waals surface area contributed by atoms with E-state index >= 15 is 0 Å². The summed E-state index contributed by atoms with van der Waals surface area (Å²) in [5.41, 5.74) is -0.736. The number of sulfonamides is 1. The highest BCUT2D eigenvalue weighted by atomic mass is 32.2. The quantitative estimate of drug-likeness (QED) is 0.498. The van der Waals surface area contributed by atoms with Crippen LogP contribution in [0.4, 0.5) is 16.2 Å². The SMILES string of the molecule is CN(c1ccccc1)S(=O)(=O)c1cccc(NC(=O)CN2C(=O)N[C@](C)(c3ccco3)C2=O)c1. The summed E-state index contributed by atoms with van der Waals surface area (Å²) in [5, 5.41) is 5.08. The average Bonchev–Trinajstić information content (AvgIpc) is 3.44. The van der Waals surface area contributed by atoms with E-state index < -0.39 is 40.0 Å². The number of amides is 4. The van der Waals surface area contributed by atoms with Crippen LogP contribution in [-0.2, 0) is 25.2 Å². The molecule has 1 aromatic heterocycles. The average molecular weight is 483 g/mol. The Kier molecular flexibility index (Phi) is 5.88. The van der Waals surface area contributed by atoms with Gasteiger partial charge in [0, 0.05) is 12.7 Å². The lowest BCUT2D eigenvalue weighted by Gasteiger charge is -2.20. The Morgan fingerprint density at radius 3 is 2.50 bits per heavy atom. The second-order valence-electron chi connectivity index (χ2n) is 7.81. The van der Waals surface area contributed by atoms with Crippen molar-refractivity contribution in [2.24, 2.45) is 0 Å². The van der Waals surface area contributed by atoms with Gasteiger partial charge < -0.3 is 15.1 Å². The van der Waals surface area contributed by atoms with Crippen molar-refractivity contribution in [2.45, 2.75) is 17.4 Å². The van der Waals surface area contributed by atoms with Gasteiger partial charge in [-0.15, -0.1) is 0 Å². The molecule has 11 heteroatoms. The molecule has 0 spiro atoms. The van der Waals surface area contributed by atoms with Crippen LogP contribution in [0.15, 0.2) is 82.3 Å². The molecule has 0 bridgehead atoms. The normalized spacial score (nSPS) is 18.0. The first-order valence-corrected chi connectivity index (χ1v) is 11.7. The number of nitrogens with zero attached hydrogens (tertiary/aromatic N) is 2. The maximum atomic E-state index is 13.0. The lowest BCUT2D eigenvalue weighted by molar-refractivity contribution is -0.134. The highest BCUT2D eigenvalue weighted by Crippen LogP contribution is 2.29. The summed E-state index contributed by atoms with van der Waals surface area (Å²) in [5.74, 6) is -1.06. The van der Waals surface area contributed by atoms with E-state index in [0.29, 0.717) is 5.69 Å². The maximum absolute atomic E-state index is 13.0. The molecule has 0 radical (unpaired) electrons. The van der Waals surface area contributed by atoms with E-state index in [0.717, 1.165) is 9.21 Å². The van der Waals surface area contributed by atoms with Crippen LogP contribution in [0.3, 0.4) is 0 Å². The fraction of sp³-hybridized carbons (Fsp3) is 0.174. The number of rotatable bonds is 7. The molecule has 1 aliphatic heterocycles. The fourth-order valence-electron chi connectivity index (χ4n) is 3.58. The molecule has 1 aliphatic rings. The number of carbonyl (C=O) groups is 3. The molecular weight excluding hydrogens is 460 g/mol. The van der Waals surface area contributed by atoms with Crippen LogP contribution in [0, 0.1) is 0 Å². The topological polar surface area (TPSA) is 129 Å². The maximum Gasteiger partial charge on any atom is 0.325 e. The molecule has 176 valence electrons. The van der Waals surface area contributed by atoms with Gasteiger partial charge in [-0.05, 0) is 49.4 Å². The number of furan rings is 1. The predicted octanol–water partition coefficient (Wildman–Crippen LogP) is 2.51. The molecule has 4 amide bonds. The largest absolute Gasteiger partial charge is 0.466 e. The van der Waals surface area contributed by atoms with E-state index in [-0.39, 0.29) is 16.3 Å². The number of anilines is 2. The van der Waals surface area contributed by atoms with Gasteiger partial charge in [-0.2, -0.15) is 0 Å². The second-order valence-corrected chi connectivity index (χ2v) is 9.78. The molecule has 0 aliphatic carbocycles. The first-order valence-electron chi connectivity index (χ1n) is 10.2. The first kappa shape index (κ1) is 23.1. The standard InChI is InChI=1S/C23H22N4O6S/c1-23(19-12-7-13-33-19)21(29)27(22(30)25-23)15-20(28)24-16-8-6-11-18(14-16)34(31,32)26(2)17-9-4-3-5-10-17/h3-14H,15H2,1-2H3,(H,24,28)(H,25,30)/t23-/m1/s1. The van der Waals surface area contributed by atoms with E-state index in [1.165, 1.54) is 44.5 Å². The third-order valence-corrected chi connectivity index (χ3v) is 7.27. The monoisotopic (exact) mass is 482 g/mol. The molecule has 3 aromatic rings. The zero-order valence-electron chi connectivity index (χ0n) is 18.4. The van der Waals surface area contributed by atoms with Crippen molar-refractivity contribution in [1.29, 1.82) is 0 Å². The molecular formula is C23H22N4O6S. The van der Waals surface area contributed by atoms with Crippen LogP contribution >= 0.6 is 0 Å². The number of benzene rings is 2. The molecule has 2 aromatic carbocycles. The van der Waals surface area contributed by atoms with Crippen LogP contribution in [-0.4, -0.2) is 44.8 Å². The highest BCUT2D eigenvalue weighted by molar-refractivity contribution is 7.92. The highest BCUT2D eigenvalue weighted by Gasteiger charge is 2.51. The van der Waals surface area contributed by atoms with Crippen LogP contribution in [0.5, 0.6) is 0 Å². The third kappa shape index (κ3) is 4.13. The van der Waals surface area contributed by atoms with E-state index in [4.69, 9.17) is 4.42 Å². The van der Waals surface area contributed by atoms with Crippen molar-refractivity contribution in [1.82, 2.24) is 10.2 Å². The van der Waals surface area contributed by atoms with Gasteiger partial charge in [-0.3, -0.25) is 18.8 Å². The minimum atomic E-state index is -3.89. The van der Waals surface area contributed by atoms with Crippen LogP contribution < -0.4 is 14.9 Å². The summed E-state index contributed by atoms with van der Waals surface area (Å²) >= 11 is 0. The van der Waals surface area contributed by atoms with Crippen molar-refractivity contribution < 1.29 is 27.2 Å². The third-order valence-electron chi connectivity index (χ3n) is 5.49. The van der Waals surface area contributed by atoms with Crippen molar-refractivity contribution in [3.63, 3.8) is 0 Å². The Bertz CT molecular complexity index is 1340. The molecule has 2 N–H and O–H groups in total. The number of urea groups is 1. The number of imide groups is 1. The predicted molar refractivity (Wildman–Crippen MR) is 123 cm³/mol. The summed E-state index contributed by atoms with van der Waals surface area (Å²) in [6, 6.07) is 16.7. The molecule has 1 saturated heterocycles. The van der Waals surface area contributed by atoms with Gasteiger partial charge in [-0.1, -0.05) is 24.3 Å². The van der Waals surface area contributed by atoms with Gasteiger partial charge in [0.25, 0.3) is 15.9 Å². The molecule has 2 heterocycles. The van der Waals surface area contributed by atoms with Gasteiger partial charge in [-0.25, -0.2) is 13.2 Å². The molecule has 34 heavy (non-hydrogen) atoms. The number of nitrogens with one attached hydrogen (secondary N) is 2. The van der Waals surface area contributed by atoms with E-state index in [9.17, 15) is 22.8 Å². The Balaban J connectivity index is 1.48. The molecule has 1 fully saturated rings. The Hall–Kier alpha value is -4.12. The lowest BCUT2D eigenvalue weighted by atomic mass is 9.99. The first-order chi connectivity index (χ1) is 16.1. The van der Waals surface area contributed by atoms with Gasteiger partial charge in [0.2, 0.25) is 5.91 Å². The van der Waals surface area contributed by atoms with Gasteiger partial charge in [0.1, 0.15) is 12.3 Å². The summed E-state index contributed by atoms with van der Waals surface area (Å²) in [4.78, 5) is 38.6. The zero-order chi connectivity index (χ0) is 24.5. The van der Waals surface area contributed by atoms with E-state index in [1.807, 2.05) is 0 Å². The number of para-hydroxylation sites is 1. The van der Waals surface area contributed by atoms with Gasteiger partial charge in [0.15, 0.2) is 5.54 Å². The number of hydrogen-bond acceptors (Lipinski definition) is 6. The van der Waals surface area contributed by atoms with Gasteiger partial charge in [0.05, 0.1) is 16.8 Å². The Labute approximate surface area is 196 Å². The molecule has 0 saturated carbocycles. The molecule has 4 rings (SSSR count). The van der Waals surface area contributed by atoms with Crippen molar-refractivity contribution in [2.75, 3.05) is 23.2 Å². The molecule has 10 nitrogen and oxygen atoms in total. The van der Waals surface area contributed by atoms with E-state index in [1.54, 1.807) is 42.5 Å². The Morgan fingerprint density at radius 2 is 1.82 bits per heavy atom. The van der Waals surface area contributed by atoms with Crippen molar-refractivity contribution in [3.8, 4) is 0 Å². The Morgan fingerprint density at radius 1 is 1.09 bits per heavy atom.